The van der Waals surface area contributed by atoms with Gasteiger partial charge in [-0.3, -0.25) is 4.40 Å². The molecule has 108 valence electrons. The van der Waals surface area contributed by atoms with E-state index in [4.69, 9.17) is 11.6 Å². The summed E-state index contributed by atoms with van der Waals surface area (Å²) in [6.45, 7) is 0. The molecular weight excluding hydrogens is 272 g/mol. The predicted octanol–water partition coefficient (Wildman–Crippen LogP) is 4.38. The van der Waals surface area contributed by atoms with E-state index in [0.717, 1.165) is 30.0 Å². The first-order chi connectivity index (χ1) is 9.75. The van der Waals surface area contributed by atoms with Gasteiger partial charge in [0.15, 0.2) is 0 Å². The molecule has 3 nitrogen and oxygen atoms in total. The van der Waals surface area contributed by atoms with Crippen molar-refractivity contribution in [3.05, 3.63) is 35.4 Å². The van der Waals surface area contributed by atoms with Crippen LogP contribution in [0, 0.1) is 5.92 Å². The van der Waals surface area contributed by atoms with E-state index in [-0.39, 0.29) is 0 Å². The summed E-state index contributed by atoms with van der Waals surface area (Å²) >= 11 is 6.27. The summed E-state index contributed by atoms with van der Waals surface area (Å²) in [7, 11) is 0. The van der Waals surface area contributed by atoms with Crippen molar-refractivity contribution in [3.63, 3.8) is 0 Å². The number of fused-ring (bicyclic) bond motifs is 1. The van der Waals surface area contributed by atoms with E-state index in [1.165, 1.54) is 32.1 Å². The van der Waals surface area contributed by atoms with Crippen LogP contribution < -0.4 is 0 Å². The number of hydrogen-bond donors (Lipinski definition) is 1. The minimum atomic E-state index is -0.512. The normalized spacial score (nSPS) is 18.5. The Morgan fingerprint density at radius 3 is 2.90 bits per heavy atom. The van der Waals surface area contributed by atoms with Crippen LogP contribution in [0.15, 0.2) is 24.7 Å². The Bertz CT molecular complexity index is 575. The molecule has 0 radical (unpaired) electrons. The van der Waals surface area contributed by atoms with Gasteiger partial charge in [-0.1, -0.05) is 43.7 Å². The molecule has 1 unspecified atom stereocenters. The van der Waals surface area contributed by atoms with Gasteiger partial charge in [-0.15, -0.1) is 0 Å². The molecule has 1 saturated carbocycles. The lowest BCUT2D eigenvalue weighted by Crippen LogP contribution is -2.10. The summed E-state index contributed by atoms with van der Waals surface area (Å²) in [4.78, 5) is 4.13. The molecule has 1 aliphatic rings. The molecule has 0 saturated heterocycles. The largest absolute Gasteiger partial charge is 0.387 e. The fraction of sp³-hybridized carbons (Fsp3) is 0.562. The zero-order valence-corrected chi connectivity index (χ0v) is 12.4. The number of aliphatic hydroxyl groups is 1. The molecule has 0 spiro atoms. The molecular formula is C16H21ClN2O. The van der Waals surface area contributed by atoms with Gasteiger partial charge in [0.1, 0.15) is 0 Å². The second kappa shape index (κ2) is 6.15. The molecule has 20 heavy (non-hydrogen) atoms. The average Bonchev–Trinajstić information content (AvgIpc) is 2.94. The zero-order valence-electron chi connectivity index (χ0n) is 11.6. The highest BCUT2D eigenvalue weighted by molar-refractivity contribution is 6.31. The van der Waals surface area contributed by atoms with Crippen LogP contribution in [-0.4, -0.2) is 14.5 Å². The van der Waals surface area contributed by atoms with E-state index < -0.39 is 6.10 Å². The lowest BCUT2D eigenvalue weighted by atomic mass is 9.85. The van der Waals surface area contributed by atoms with Crippen molar-refractivity contribution in [1.82, 2.24) is 9.38 Å². The van der Waals surface area contributed by atoms with E-state index in [1.54, 1.807) is 12.5 Å². The van der Waals surface area contributed by atoms with E-state index in [0.29, 0.717) is 5.02 Å². The van der Waals surface area contributed by atoms with Gasteiger partial charge >= 0.3 is 0 Å². The summed E-state index contributed by atoms with van der Waals surface area (Å²) in [6, 6.07) is 3.77. The van der Waals surface area contributed by atoms with Gasteiger partial charge < -0.3 is 5.11 Å². The minimum absolute atomic E-state index is 0.512. The van der Waals surface area contributed by atoms with E-state index in [1.807, 2.05) is 16.5 Å². The van der Waals surface area contributed by atoms with Crippen molar-refractivity contribution in [2.24, 2.45) is 5.92 Å². The number of pyridine rings is 1. The summed E-state index contributed by atoms with van der Waals surface area (Å²) in [6.07, 6.45) is 11.6. The molecule has 1 atom stereocenters. The molecule has 0 aliphatic heterocycles. The van der Waals surface area contributed by atoms with Gasteiger partial charge in [0.05, 0.1) is 34.9 Å². The Balaban J connectivity index is 1.73. The van der Waals surface area contributed by atoms with Crippen LogP contribution in [0.25, 0.3) is 5.52 Å². The highest BCUT2D eigenvalue weighted by Crippen LogP contribution is 2.32. The first kappa shape index (κ1) is 13.9. The van der Waals surface area contributed by atoms with Crippen LogP contribution in [0.4, 0.5) is 0 Å². The van der Waals surface area contributed by atoms with Crippen molar-refractivity contribution in [2.75, 3.05) is 0 Å². The van der Waals surface area contributed by atoms with Crippen molar-refractivity contribution in [3.8, 4) is 0 Å². The number of rotatable bonds is 4. The van der Waals surface area contributed by atoms with E-state index in [9.17, 15) is 5.11 Å². The summed E-state index contributed by atoms with van der Waals surface area (Å²) in [5.41, 5.74) is 1.75. The van der Waals surface area contributed by atoms with Crippen molar-refractivity contribution >= 4 is 17.1 Å². The molecule has 1 N–H and O–H groups in total. The second-order valence-electron chi connectivity index (χ2n) is 5.85. The molecule has 2 heterocycles. The Hall–Kier alpha value is -1.06. The smallest absolute Gasteiger partial charge is 0.0995 e. The molecule has 1 aliphatic carbocycles. The Labute approximate surface area is 124 Å². The lowest BCUT2D eigenvalue weighted by Gasteiger charge is -2.23. The average molecular weight is 293 g/mol. The molecule has 0 bridgehead atoms. The maximum atomic E-state index is 10.5. The Morgan fingerprint density at radius 1 is 1.30 bits per heavy atom. The number of nitrogens with zero attached hydrogens (tertiary/aromatic N) is 2. The van der Waals surface area contributed by atoms with Crippen LogP contribution in [-0.2, 0) is 0 Å². The fourth-order valence-electron chi connectivity index (χ4n) is 3.31. The third kappa shape index (κ3) is 2.84. The monoisotopic (exact) mass is 292 g/mol. The number of aliphatic hydroxyl groups excluding tert-OH is 1. The maximum Gasteiger partial charge on any atom is 0.0995 e. The first-order valence-corrected chi connectivity index (χ1v) is 7.92. The highest BCUT2D eigenvalue weighted by atomic mass is 35.5. The first-order valence-electron chi connectivity index (χ1n) is 7.54. The van der Waals surface area contributed by atoms with Gasteiger partial charge in [0.2, 0.25) is 0 Å². The highest BCUT2D eigenvalue weighted by Gasteiger charge is 2.19. The Kier molecular flexibility index (Phi) is 4.27. The van der Waals surface area contributed by atoms with Crippen molar-refractivity contribution < 1.29 is 5.11 Å². The SMILES string of the molecule is OC(CCC1CCCCC1)c1c(Cl)ccc2cncn12. The van der Waals surface area contributed by atoms with Crippen LogP contribution in [0.1, 0.15) is 56.7 Å². The predicted molar refractivity (Wildman–Crippen MR) is 81.0 cm³/mol. The van der Waals surface area contributed by atoms with Crippen LogP contribution in [0.2, 0.25) is 5.02 Å². The molecule has 0 amide bonds. The molecule has 4 heteroatoms. The van der Waals surface area contributed by atoms with Crippen molar-refractivity contribution in [1.29, 1.82) is 0 Å². The van der Waals surface area contributed by atoms with E-state index in [2.05, 4.69) is 4.98 Å². The van der Waals surface area contributed by atoms with Crippen LogP contribution in [0.5, 0.6) is 0 Å². The Morgan fingerprint density at radius 2 is 2.10 bits per heavy atom. The topological polar surface area (TPSA) is 37.5 Å². The second-order valence-corrected chi connectivity index (χ2v) is 6.26. The molecule has 3 rings (SSSR count). The van der Waals surface area contributed by atoms with Crippen LogP contribution >= 0.6 is 11.6 Å². The minimum Gasteiger partial charge on any atom is -0.387 e. The quantitative estimate of drug-likeness (QED) is 0.908. The third-order valence-corrected chi connectivity index (χ3v) is 4.78. The standard InChI is InChI=1S/C16H21ClN2O/c17-14-8-7-13-10-18-11-19(13)16(14)15(20)9-6-12-4-2-1-3-5-12/h7-8,10-12,15,20H,1-6,9H2. The number of imidazole rings is 1. The summed E-state index contributed by atoms with van der Waals surface area (Å²) in [5.74, 6) is 0.777. The third-order valence-electron chi connectivity index (χ3n) is 4.46. The van der Waals surface area contributed by atoms with Crippen LogP contribution in [0.3, 0.4) is 0 Å². The maximum absolute atomic E-state index is 10.5. The summed E-state index contributed by atoms with van der Waals surface area (Å²) < 4.78 is 1.90. The number of aromatic nitrogens is 2. The van der Waals surface area contributed by atoms with Gasteiger partial charge in [-0.05, 0) is 30.9 Å². The molecule has 0 aromatic carbocycles. The van der Waals surface area contributed by atoms with Gasteiger partial charge in [0, 0.05) is 0 Å². The summed E-state index contributed by atoms with van der Waals surface area (Å²) in [5, 5.41) is 11.1. The molecule has 2 aromatic heterocycles. The van der Waals surface area contributed by atoms with Gasteiger partial charge in [0.25, 0.3) is 0 Å². The molecule has 2 aromatic rings. The van der Waals surface area contributed by atoms with Crippen molar-refractivity contribution in [2.45, 2.75) is 51.0 Å². The van der Waals surface area contributed by atoms with Gasteiger partial charge in [-0.2, -0.15) is 0 Å². The number of hydrogen-bond acceptors (Lipinski definition) is 2. The number of halogens is 1. The zero-order chi connectivity index (χ0) is 13.9. The van der Waals surface area contributed by atoms with Gasteiger partial charge in [-0.25, -0.2) is 4.98 Å². The fourth-order valence-corrected chi connectivity index (χ4v) is 3.59. The van der Waals surface area contributed by atoms with E-state index >= 15 is 0 Å². The molecule has 1 fully saturated rings. The lowest BCUT2D eigenvalue weighted by molar-refractivity contribution is 0.146.